The minimum atomic E-state index is -3.37. The number of nitrogens with zero attached hydrogens (tertiary/aromatic N) is 1. The van der Waals surface area contributed by atoms with Gasteiger partial charge in [0.05, 0.1) is 16.6 Å². The van der Waals surface area contributed by atoms with Gasteiger partial charge in [-0.1, -0.05) is 31.9 Å². The molecule has 1 saturated carbocycles. The van der Waals surface area contributed by atoms with Gasteiger partial charge in [-0.25, -0.2) is 12.8 Å². The van der Waals surface area contributed by atoms with Crippen LogP contribution >= 0.6 is 0 Å². The van der Waals surface area contributed by atoms with Gasteiger partial charge in [0.15, 0.2) is 9.84 Å². The first kappa shape index (κ1) is 15.0. The molecule has 0 amide bonds. The van der Waals surface area contributed by atoms with E-state index in [0.29, 0.717) is 18.8 Å². The van der Waals surface area contributed by atoms with Crippen molar-refractivity contribution in [2.75, 3.05) is 0 Å². The molecule has 0 heterocycles. The number of benzene rings is 1. The van der Waals surface area contributed by atoms with Gasteiger partial charge >= 0.3 is 0 Å². The molecule has 1 fully saturated rings. The van der Waals surface area contributed by atoms with E-state index in [9.17, 15) is 12.8 Å². The summed E-state index contributed by atoms with van der Waals surface area (Å²) >= 11 is 0. The average molecular weight is 295 g/mol. The lowest BCUT2D eigenvalue weighted by molar-refractivity contribution is 0.381. The smallest absolute Gasteiger partial charge is 0.157 e. The maximum absolute atomic E-state index is 14.0. The summed E-state index contributed by atoms with van der Waals surface area (Å²) < 4.78 is 38.8. The van der Waals surface area contributed by atoms with Gasteiger partial charge in [0, 0.05) is 5.56 Å². The molecule has 1 aromatic rings. The summed E-state index contributed by atoms with van der Waals surface area (Å²) in [7, 11) is -3.37. The summed E-state index contributed by atoms with van der Waals surface area (Å²) in [6.07, 6.45) is 3.28. The molecule has 0 radical (unpaired) electrons. The lowest BCUT2D eigenvalue weighted by atomic mass is 9.91. The van der Waals surface area contributed by atoms with Gasteiger partial charge < -0.3 is 0 Å². The zero-order valence-electron chi connectivity index (χ0n) is 11.5. The lowest BCUT2D eigenvalue weighted by Crippen LogP contribution is -2.28. The van der Waals surface area contributed by atoms with Crippen molar-refractivity contribution in [2.24, 2.45) is 5.92 Å². The van der Waals surface area contributed by atoms with E-state index < -0.39 is 15.7 Å². The van der Waals surface area contributed by atoms with Crippen LogP contribution in [0.25, 0.3) is 0 Å². The monoisotopic (exact) mass is 295 g/mol. The number of sulfone groups is 1. The van der Waals surface area contributed by atoms with Crippen LogP contribution in [0, 0.1) is 23.1 Å². The first-order valence-corrected chi connectivity index (χ1v) is 8.54. The van der Waals surface area contributed by atoms with Crippen LogP contribution in [0.2, 0.25) is 0 Å². The zero-order valence-corrected chi connectivity index (χ0v) is 12.3. The summed E-state index contributed by atoms with van der Waals surface area (Å²) in [6.45, 7) is 2.05. The largest absolute Gasteiger partial charge is 0.228 e. The number of halogens is 1. The van der Waals surface area contributed by atoms with Gasteiger partial charge in [0.1, 0.15) is 11.9 Å². The van der Waals surface area contributed by atoms with E-state index in [4.69, 9.17) is 5.26 Å². The molecule has 0 bridgehead atoms. The molecule has 2 atom stereocenters. The predicted octanol–water partition coefficient (Wildman–Crippen LogP) is 3.19. The van der Waals surface area contributed by atoms with Crippen molar-refractivity contribution >= 4 is 9.84 Å². The van der Waals surface area contributed by atoms with Crippen LogP contribution in [-0.4, -0.2) is 13.7 Å². The fraction of sp³-hybridized carbons (Fsp3) is 0.533. The van der Waals surface area contributed by atoms with Crippen molar-refractivity contribution in [2.45, 2.75) is 43.6 Å². The molecule has 1 aliphatic rings. The van der Waals surface area contributed by atoms with E-state index in [2.05, 4.69) is 6.92 Å². The molecule has 1 aliphatic carbocycles. The van der Waals surface area contributed by atoms with Gasteiger partial charge in [-0.3, -0.25) is 0 Å². The number of hydrogen-bond acceptors (Lipinski definition) is 3. The number of nitriles is 1. The van der Waals surface area contributed by atoms with Gasteiger partial charge in [-0.2, -0.15) is 5.26 Å². The number of rotatable bonds is 3. The first-order chi connectivity index (χ1) is 9.44. The summed E-state index contributed by atoms with van der Waals surface area (Å²) in [5, 5.41) is 8.41. The van der Waals surface area contributed by atoms with E-state index in [0.717, 1.165) is 12.8 Å². The summed E-state index contributed by atoms with van der Waals surface area (Å²) in [5.41, 5.74) is -0.00279. The van der Waals surface area contributed by atoms with E-state index in [-0.39, 0.29) is 22.1 Å². The molecule has 1 aromatic carbocycles. The molecular formula is C15H18FNO2S. The fourth-order valence-corrected chi connectivity index (χ4v) is 4.86. The van der Waals surface area contributed by atoms with Gasteiger partial charge in [0.25, 0.3) is 0 Å². The molecule has 0 N–H and O–H groups in total. The summed E-state index contributed by atoms with van der Waals surface area (Å²) in [5.74, 6) is -0.618. The van der Waals surface area contributed by atoms with Gasteiger partial charge in [-0.15, -0.1) is 0 Å². The molecule has 2 unspecified atom stereocenters. The van der Waals surface area contributed by atoms with E-state index in [1.165, 1.54) is 18.2 Å². The Balaban J connectivity index is 2.23. The maximum atomic E-state index is 14.0. The molecule has 0 spiro atoms. The highest BCUT2D eigenvalue weighted by atomic mass is 32.2. The normalized spacial score (nSPS) is 23.2. The van der Waals surface area contributed by atoms with Crippen molar-refractivity contribution in [3.63, 3.8) is 0 Å². The highest BCUT2D eigenvalue weighted by molar-refractivity contribution is 7.91. The predicted molar refractivity (Wildman–Crippen MR) is 75.2 cm³/mol. The second-order valence-corrected chi connectivity index (χ2v) is 7.87. The third kappa shape index (κ3) is 3.18. The Labute approximate surface area is 119 Å². The zero-order chi connectivity index (χ0) is 14.8. The van der Waals surface area contributed by atoms with E-state index in [1.54, 1.807) is 6.07 Å². The molecule has 3 nitrogen and oxygen atoms in total. The van der Waals surface area contributed by atoms with Crippen LogP contribution in [0.3, 0.4) is 0 Å². The molecular weight excluding hydrogens is 277 g/mol. The summed E-state index contributed by atoms with van der Waals surface area (Å²) in [4.78, 5) is 0. The maximum Gasteiger partial charge on any atom is 0.157 e. The Bertz CT molecular complexity index is 634. The second kappa shape index (κ2) is 5.92. The Morgan fingerprint density at radius 3 is 2.80 bits per heavy atom. The van der Waals surface area contributed by atoms with Crippen molar-refractivity contribution < 1.29 is 12.8 Å². The highest BCUT2D eigenvalue weighted by Crippen LogP contribution is 2.30. The SMILES string of the molecule is CC1CCCC(S(=O)(=O)Cc2cccc(C#N)c2F)C1. The average Bonchev–Trinajstić information content (AvgIpc) is 2.41. The van der Waals surface area contributed by atoms with Crippen molar-refractivity contribution in [3.8, 4) is 6.07 Å². The minimum Gasteiger partial charge on any atom is -0.228 e. The molecule has 2 rings (SSSR count). The van der Waals surface area contributed by atoms with Crippen LogP contribution in [0.1, 0.15) is 43.7 Å². The molecule has 0 aliphatic heterocycles. The van der Waals surface area contributed by atoms with E-state index >= 15 is 0 Å². The van der Waals surface area contributed by atoms with Crippen LogP contribution in [-0.2, 0) is 15.6 Å². The third-order valence-corrected chi connectivity index (χ3v) is 6.11. The van der Waals surface area contributed by atoms with Gasteiger partial charge in [0.2, 0.25) is 0 Å². The van der Waals surface area contributed by atoms with Crippen LogP contribution in [0.4, 0.5) is 4.39 Å². The fourth-order valence-electron chi connectivity index (χ4n) is 2.82. The Morgan fingerprint density at radius 2 is 2.15 bits per heavy atom. The second-order valence-electron chi connectivity index (χ2n) is 5.59. The molecule has 0 aromatic heterocycles. The summed E-state index contributed by atoms with van der Waals surface area (Å²) in [6, 6.07) is 6.06. The molecule has 5 heteroatoms. The first-order valence-electron chi connectivity index (χ1n) is 6.83. The van der Waals surface area contributed by atoms with Crippen molar-refractivity contribution in [1.82, 2.24) is 0 Å². The Kier molecular flexibility index (Phi) is 4.44. The lowest BCUT2D eigenvalue weighted by Gasteiger charge is -2.26. The quantitative estimate of drug-likeness (QED) is 0.860. The standard InChI is InChI=1S/C15H18FNO2S/c1-11-4-2-7-14(8-11)20(18,19)10-13-6-3-5-12(9-17)15(13)16/h3,5-6,11,14H,2,4,7-8,10H2,1H3. The Morgan fingerprint density at radius 1 is 1.40 bits per heavy atom. The molecule has 0 saturated heterocycles. The number of hydrogen-bond donors (Lipinski definition) is 0. The molecule has 108 valence electrons. The Hall–Kier alpha value is -1.41. The minimum absolute atomic E-state index is 0.0993. The molecule has 20 heavy (non-hydrogen) atoms. The van der Waals surface area contributed by atoms with Crippen LogP contribution in [0.15, 0.2) is 18.2 Å². The van der Waals surface area contributed by atoms with Crippen molar-refractivity contribution in [1.29, 1.82) is 5.26 Å². The van der Waals surface area contributed by atoms with E-state index in [1.807, 2.05) is 0 Å². The van der Waals surface area contributed by atoms with Crippen LogP contribution < -0.4 is 0 Å². The van der Waals surface area contributed by atoms with Crippen LogP contribution in [0.5, 0.6) is 0 Å². The third-order valence-electron chi connectivity index (χ3n) is 3.95. The highest BCUT2D eigenvalue weighted by Gasteiger charge is 2.31. The van der Waals surface area contributed by atoms with Crippen molar-refractivity contribution in [3.05, 3.63) is 35.1 Å². The van der Waals surface area contributed by atoms with Gasteiger partial charge in [-0.05, 0) is 24.8 Å². The topological polar surface area (TPSA) is 57.9 Å².